The predicted octanol–water partition coefficient (Wildman–Crippen LogP) is 3.14. The summed E-state index contributed by atoms with van der Waals surface area (Å²) in [5.74, 6) is 0.876. The van der Waals surface area contributed by atoms with Crippen molar-refractivity contribution in [2.75, 3.05) is 26.2 Å². The Morgan fingerprint density at radius 1 is 1.00 bits per heavy atom. The third-order valence-corrected chi connectivity index (χ3v) is 4.41. The minimum atomic E-state index is 0.876. The van der Waals surface area contributed by atoms with Gasteiger partial charge in [-0.25, -0.2) is 0 Å². The van der Waals surface area contributed by atoms with Gasteiger partial charge in [-0.2, -0.15) is 0 Å². The van der Waals surface area contributed by atoms with Gasteiger partial charge in [-0.3, -0.25) is 0 Å². The molecule has 104 valence electrons. The van der Waals surface area contributed by atoms with Gasteiger partial charge in [-0.1, -0.05) is 30.7 Å². The summed E-state index contributed by atoms with van der Waals surface area (Å²) in [6, 6.07) is 9.22. The second kappa shape index (κ2) is 6.53. The van der Waals surface area contributed by atoms with E-state index in [1.165, 1.54) is 62.9 Å². The van der Waals surface area contributed by atoms with E-state index in [1.807, 2.05) is 0 Å². The molecule has 0 atom stereocenters. The van der Waals surface area contributed by atoms with Gasteiger partial charge in [0.1, 0.15) is 0 Å². The summed E-state index contributed by atoms with van der Waals surface area (Å²) in [6.07, 6.45) is 7.00. The molecule has 2 aliphatic rings. The highest BCUT2D eigenvalue weighted by Gasteiger charge is 2.22. The Balaban J connectivity index is 1.34. The maximum atomic E-state index is 3.57. The van der Waals surface area contributed by atoms with E-state index in [9.17, 15) is 0 Å². The monoisotopic (exact) mass is 258 g/mol. The molecule has 0 aromatic heterocycles. The van der Waals surface area contributed by atoms with Crippen LogP contribution in [0.1, 0.15) is 49.1 Å². The molecule has 1 aromatic rings. The largest absolute Gasteiger partial charge is 0.311 e. The first kappa shape index (κ1) is 13.1. The lowest BCUT2D eigenvalue weighted by Crippen LogP contribution is -2.35. The van der Waals surface area contributed by atoms with Crippen molar-refractivity contribution in [2.45, 2.75) is 44.6 Å². The Bertz CT molecular complexity index is 375. The van der Waals surface area contributed by atoms with Gasteiger partial charge >= 0.3 is 0 Å². The molecule has 0 radical (unpaired) electrons. The van der Waals surface area contributed by atoms with E-state index in [0.29, 0.717) is 0 Å². The van der Waals surface area contributed by atoms with Crippen molar-refractivity contribution in [1.29, 1.82) is 0 Å². The zero-order chi connectivity index (χ0) is 12.9. The molecule has 1 aromatic carbocycles. The number of nitrogens with one attached hydrogen (secondary N) is 1. The molecule has 19 heavy (non-hydrogen) atoms. The maximum absolute atomic E-state index is 3.57. The van der Waals surface area contributed by atoms with Gasteiger partial charge in [-0.05, 0) is 55.8 Å². The average molecular weight is 258 g/mol. The van der Waals surface area contributed by atoms with E-state index in [2.05, 4.69) is 34.5 Å². The van der Waals surface area contributed by atoms with Gasteiger partial charge in [0.25, 0.3) is 0 Å². The SMILES string of the molecule is c1cc(C2CC2)ccc1CNCCN1CCCCC1. The molecule has 0 spiro atoms. The molecule has 1 heterocycles. The molecule has 1 aliphatic carbocycles. The van der Waals surface area contributed by atoms with E-state index in [-0.39, 0.29) is 0 Å². The summed E-state index contributed by atoms with van der Waals surface area (Å²) < 4.78 is 0. The van der Waals surface area contributed by atoms with E-state index in [1.54, 1.807) is 0 Å². The number of benzene rings is 1. The smallest absolute Gasteiger partial charge is 0.0206 e. The number of nitrogens with zero attached hydrogens (tertiary/aromatic N) is 1. The second-order valence-electron chi connectivity index (χ2n) is 6.09. The third kappa shape index (κ3) is 4.05. The first-order valence-electron chi connectivity index (χ1n) is 7.94. The van der Waals surface area contributed by atoms with Gasteiger partial charge in [0, 0.05) is 19.6 Å². The fraction of sp³-hybridized carbons (Fsp3) is 0.647. The van der Waals surface area contributed by atoms with E-state index in [4.69, 9.17) is 0 Å². The minimum Gasteiger partial charge on any atom is -0.311 e. The van der Waals surface area contributed by atoms with Gasteiger partial charge in [-0.15, -0.1) is 0 Å². The first-order chi connectivity index (χ1) is 9.42. The number of hydrogen-bond acceptors (Lipinski definition) is 2. The van der Waals surface area contributed by atoms with Crippen LogP contribution < -0.4 is 5.32 Å². The van der Waals surface area contributed by atoms with Crippen LogP contribution in [0, 0.1) is 0 Å². The molecular formula is C17H26N2. The fourth-order valence-electron chi connectivity index (χ4n) is 2.98. The molecular weight excluding hydrogens is 232 g/mol. The van der Waals surface area contributed by atoms with Crippen LogP contribution in [0.3, 0.4) is 0 Å². The van der Waals surface area contributed by atoms with Gasteiger partial charge in [0.05, 0.1) is 0 Å². The normalized spacial score (nSPS) is 20.6. The van der Waals surface area contributed by atoms with Gasteiger partial charge in [0.2, 0.25) is 0 Å². The van der Waals surface area contributed by atoms with Crippen LogP contribution in [0.15, 0.2) is 24.3 Å². The molecule has 2 nitrogen and oxygen atoms in total. The van der Waals surface area contributed by atoms with Crippen LogP contribution in [0.5, 0.6) is 0 Å². The average Bonchev–Trinajstić information content (AvgIpc) is 3.30. The highest BCUT2D eigenvalue weighted by molar-refractivity contribution is 5.27. The van der Waals surface area contributed by atoms with Gasteiger partial charge < -0.3 is 10.2 Å². The van der Waals surface area contributed by atoms with Crippen molar-refractivity contribution in [3.8, 4) is 0 Å². The van der Waals surface area contributed by atoms with E-state index < -0.39 is 0 Å². The van der Waals surface area contributed by atoms with Crippen molar-refractivity contribution >= 4 is 0 Å². The first-order valence-corrected chi connectivity index (χ1v) is 7.94. The van der Waals surface area contributed by atoms with E-state index in [0.717, 1.165) is 19.0 Å². The zero-order valence-electron chi connectivity index (χ0n) is 11.9. The standard InChI is InChI=1S/C17H26N2/c1-2-11-19(12-3-1)13-10-18-14-15-4-6-16(7-5-15)17-8-9-17/h4-7,17-18H,1-3,8-14H2. The van der Waals surface area contributed by atoms with Crippen LogP contribution in [-0.2, 0) is 6.54 Å². The summed E-state index contributed by atoms with van der Waals surface area (Å²) in [5.41, 5.74) is 2.96. The molecule has 1 aliphatic heterocycles. The van der Waals surface area contributed by atoms with Crippen molar-refractivity contribution < 1.29 is 0 Å². The van der Waals surface area contributed by atoms with Crippen molar-refractivity contribution in [1.82, 2.24) is 10.2 Å². The summed E-state index contributed by atoms with van der Waals surface area (Å²) >= 11 is 0. The van der Waals surface area contributed by atoms with Crippen molar-refractivity contribution in [3.05, 3.63) is 35.4 Å². The molecule has 1 saturated carbocycles. The third-order valence-electron chi connectivity index (χ3n) is 4.41. The Morgan fingerprint density at radius 3 is 2.42 bits per heavy atom. The van der Waals surface area contributed by atoms with E-state index >= 15 is 0 Å². The van der Waals surface area contributed by atoms with Crippen LogP contribution in [0.2, 0.25) is 0 Å². The molecule has 1 N–H and O–H groups in total. The summed E-state index contributed by atoms with van der Waals surface area (Å²) in [6.45, 7) is 5.94. The molecule has 0 unspecified atom stereocenters. The van der Waals surface area contributed by atoms with Crippen LogP contribution in [-0.4, -0.2) is 31.1 Å². The lowest BCUT2D eigenvalue weighted by molar-refractivity contribution is 0.229. The summed E-state index contributed by atoms with van der Waals surface area (Å²) in [4.78, 5) is 2.59. The topological polar surface area (TPSA) is 15.3 Å². The number of likely N-dealkylation sites (tertiary alicyclic amines) is 1. The fourth-order valence-corrected chi connectivity index (χ4v) is 2.98. The Morgan fingerprint density at radius 2 is 1.74 bits per heavy atom. The van der Waals surface area contributed by atoms with Gasteiger partial charge in [0.15, 0.2) is 0 Å². The lowest BCUT2D eigenvalue weighted by atomic mass is 10.1. The summed E-state index contributed by atoms with van der Waals surface area (Å²) in [5, 5.41) is 3.57. The van der Waals surface area contributed by atoms with Crippen LogP contribution in [0.4, 0.5) is 0 Å². The second-order valence-corrected chi connectivity index (χ2v) is 6.09. The number of rotatable bonds is 6. The highest BCUT2D eigenvalue weighted by atomic mass is 15.1. The highest BCUT2D eigenvalue weighted by Crippen LogP contribution is 2.39. The number of hydrogen-bond donors (Lipinski definition) is 1. The predicted molar refractivity (Wildman–Crippen MR) is 80.4 cm³/mol. The molecule has 2 fully saturated rings. The molecule has 1 saturated heterocycles. The summed E-state index contributed by atoms with van der Waals surface area (Å²) in [7, 11) is 0. The van der Waals surface area contributed by atoms with Crippen molar-refractivity contribution in [2.24, 2.45) is 0 Å². The molecule has 2 heteroatoms. The molecule has 0 amide bonds. The number of piperidine rings is 1. The quantitative estimate of drug-likeness (QED) is 0.789. The van der Waals surface area contributed by atoms with Crippen LogP contribution >= 0.6 is 0 Å². The molecule has 0 bridgehead atoms. The Hall–Kier alpha value is -0.860. The Kier molecular flexibility index (Phi) is 4.52. The minimum absolute atomic E-state index is 0.876. The van der Waals surface area contributed by atoms with Crippen molar-refractivity contribution in [3.63, 3.8) is 0 Å². The Labute approximate surface area is 117 Å². The molecule has 3 rings (SSSR count). The van der Waals surface area contributed by atoms with Crippen LogP contribution in [0.25, 0.3) is 0 Å². The maximum Gasteiger partial charge on any atom is 0.0206 e. The lowest BCUT2D eigenvalue weighted by Gasteiger charge is -2.26. The zero-order valence-corrected chi connectivity index (χ0v) is 11.9.